The number of aromatic nitrogens is 6. The zero-order valence-corrected chi connectivity index (χ0v) is 12.0. The van der Waals surface area contributed by atoms with Crippen molar-refractivity contribution in [3.63, 3.8) is 0 Å². The van der Waals surface area contributed by atoms with Crippen LogP contribution in [0.25, 0.3) is 16.9 Å². The summed E-state index contributed by atoms with van der Waals surface area (Å²) in [6.45, 7) is 4.24. The second-order valence-electron chi connectivity index (χ2n) is 4.98. The van der Waals surface area contributed by atoms with Gasteiger partial charge in [0.15, 0.2) is 0 Å². The van der Waals surface area contributed by atoms with Crippen LogP contribution in [-0.4, -0.2) is 30.0 Å². The maximum absolute atomic E-state index is 6.10. The molecule has 0 saturated heterocycles. The molecular weight excluding hydrogens is 266 g/mol. The summed E-state index contributed by atoms with van der Waals surface area (Å²) in [5.41, 5.74) is 9.37. The van der Waals surface area contributed by atoms with E-state index >= 15 is 0 Å². The second-order valence-corrected chi connectivity index (χ2v) is 4.98. The minimum Gasteiger partial charge on any atom is -0.396 e. The smallest absolute Gasteiger partial charge is 0.143 e. The van der Waals surface area contributed by atoms with Crippen molar-refractivity contribution in [1.29, 1.82) is 0 Å². The highest BCUT2D eigenvalue weighted by Gasteiger charge is 2.12. The molecule has 3 aromatic rings. The predicted molar refractivity (Wildman–Crippen MR) is 79.8 cm³/mol. The number of benzene rings is 1. The molecule has 2 aromatic heterocycles. The van der Waals surface area contributed by atoms with Gasteiger partial charge in [0.2, 0.25) is 0 Å². The van der Waals surface area contributed by atoms with Crippen molar-refractivity contribution in [3.8, 4) is 16.9 Å². The topological polar surface area (TPSA) is 87.4 Å². The first kappa shape index (κ1) is 13.3. The molecule has 7 heteroatoms. The Morgan fingerprint density at radius 1 is 1.33 bits per heavy atom. The Balaban J connectivity index is 2.01. The number of anilines is 1. The van der Waals surface area contributed by atoms with Crippen molar-refractivity contribution in [3.05, 3.63) is 36.8 Å². The van der Waals surface area contributed by atoms with Gasteiger partial charge in [-0.25, -0.2) is 4.68 Å². The van der Waals surface area contributed by atoms with Crippen molar-refractivity contribution < 1.29 is 0 Å². The van der Waals surface area contributed by atoms with Crippen LogP contribution in [0.15, 0.2) is 36.8 Å². The lowest BCUT2D eigenvalue weighted by molar-refractivity contribution is 0.479. The molecule has 2 N–H and O–H groups in total. The summed E-state index contributed by atoms with van der Waals surface area (Å²) < 4.78 is 3.51. The highest BCUT2D eigenvalue weighted by molar-refractivity contribution is 5.73. The van der Waals surface area contributed by atoms with Gasteiger partial charge in [-0.3, -0.25) is 4.68 Å². The summed E-state index contributed by atoms with van der Waals surface area (Å²) in [7, 11) is 0. The Morgan fingerprint density at radius 3 is 2.90 bits per heavy atom. The summed E-state index contributed by atoms with van der Waals surface area (Å²) in [5, 5.41) is 15.8. The van der Waals surface area contributed by atoms with E-state index in [0.717, 1.165) is 23.4 Å². The van der Waals surface area contributed by atoms with Crippen molar-refractivity contribution in [2.45, 2.75) is 26.3 Å². The van der Waals surface area contributed by atoms with Gasteiger partial charge in [0.25, 0.3) is 0 Å². The van der Waals surface area contributed by atoms with E-state index in [1.807, 2.05) is 35.1 Å². The maximum Gasteiger partial charge on any atom is 0.143 e. The third-order valence-corrected chi connectivity index (χ3v) is 3.54. The average molecular weight is 283 g/mol. The van der Waals surface area contributed by atoms with E-state index in [2.05, 4.69) is 34.5 Å². The van der Waals surface area contributed by atoms with Gasteiger partial charge in [-0.05, 0) is 35.9 Å². The Labute approximate surface area is 122 Å². The molecule has 2 heterocycles. The molecule has 7 nitrogen and oxygen atoms in total. The molecule has 0 saturated carbocycles. The monoisotopic (exact) mass is 283 g/mol. The van der Waals surface area contributed by atoms with Crippen LogP contribution >= 0.6 is 0 Å². The molecule has 0 amide bonds. The van der Waals surface area contributed by atoms with E-state index in [9.17, 15) is 0 Å². The molecule has 0 aliphatic carbocycles. The molecule has 21 heavy (non-hydrogen) atoms. The van der Waals surface area contributed by atoms with Crippen molar-refractivity contribution in [2.24, 2.45) is 0 Å². The summed E-state index contributed by atoms with van der Waals surface area (Å²) in [4.78, 5) is 0. The molecular formula is C14H17N7. The van der Waals surface area contributed by atoms with Crippen LogP contribution in [0.5, 0.6) is 0 Å². The van der Waals surface area contributed by atoms with E-state index in [-0.39, 0.29) is 0 Å². The van der Waals surface area contributed by atoms with Gasteiger partial charge < -0.3 is 5.73 Å². The first-order chi connectivity index (χ1) is 10.2. The van der Waals surface area contributed by atoms with Crippen LogP contribution < -0.4 is 5.73 Å². The fourth-order valence-corrected chi connectivity index (χ4v) is 2.12. The highest BCUT2D eigenvalue weighted by atomic mass is 15.5. The Hall–Kier alpha value is -2.70. The van der Waals surface area contributed by atoms with Gasteiger partial charge in [-0.15, -0.1) is 5.10 Å². The number of hydrogen-bond acceptors (Lipinski definition) is 5. The van der Waals surface area contributed by atoms with Crippen LogP contribution in [-0.2, 0) is 0 Å². The van der Waals surface area contributed by atoms with E-state index in [4.69, 9.17) is 5.73 Å². The summed E-state index contributed by atoms with van der Waals surface area (Å²) in [6.07, 6.45) is 4.44. The first-order valence-electron chi connectivity index (χ1n) is 6.87. The first-order valence-corrected chi connectivity index (χ1v) is 6.87. The lowest BCUT2D eigenvalue weighted by Crippen LogP contribution is -2.04. The molecule has 108 valence electrons. The minimum absolute atomic E-state index is 0.323. The Bertz CT molecular complexity index is 730. The average Bonchev–Trinajstić information content (AvgIpc) is 3.16. The van der Waals surface area contributed by atoms with E-state index in [1.54, 1.807) is 11.0 Å². The fraction of sp³-hybridized carbons (Fsp3) is 0.286. The normalized spacial score (nSPS) is 12.5. The zero-order chi connectivity index (χ0) is 14.8. The fourth-order valence-electron chi connectivity index (χ4n) is 2.12. The third kappa shape index (κ3) is 2.49. The van der Waals surface area contributed by atoms with Crippen LogP contribution in [0.1, 0.15) is 26.3 Å². The van der Waals surface area contributed by atoms with Gasteiger partial charge in [0.1, 0.15) is 12.0 Å². The zero-order valence-electron chi connectivity index (χ0n) is 12.0. The molecule has 0 aliphatic rings. The maximum atomic E-state index is 6.10. The van der Waals surface area contributed by atoms with Crippen LogP contribution in [0.4, 0.5) is 5.69 Å². The van der Waals surface area contributed by atoms with Crippen molar-refractivity contribution in [2.75, 3.05) is 5.73 Å². The van der Waals surface area contributed by atoms with Gasteiger partial charge in [0, 0.05) is 17.8 Å². The standard InChI is InChI=1S/C14H17N7/c1-3-10(2)20-8-13(15)14(17-20)11-5-4-6-12(7-11)21-9-16-18-19-21/h4-10H,3,15H2,1-2H3. The van der Waals surface area contributed by atoms with Crippen LogP contribution in [0.2, 0.25) is 0 Å². The molecule has 1 aromatic carbocycles. The molecule has 1 atom stereocenters. The predicted octanol–water partition coefficient (Wildman–Crippen LogP) is 2.08. The third-order valence-electron chi connectivity index (χ3n) is 3.54. The van der Waals surface area contributed by atoms with E-state index in [1.165, 1.54) is 0 Å². The lowest BCUT2D eigenvalue weighted by Gasteiger charge is -2.08. The van der Waals surface area contributed by atoms with Gasteiger partial charge in [-0.1, -0.05) is 19.1 Å². The largest absolute Gasteiger partial charge is 0.396 e. The summed E-state index contributed by atoms with van der Waals surface area (Å²) >= 11 is 0. The molecule has 3 rings (SSSR count). The molecule has 0 spiro atoms. The van der Waals surface area contributed by atoms with Crippen molar-refractivity contribution in [1.82, 2.24) is 30.0 Å². The Morgan fingerprint density at radius 2 is 2.19 bits per heavy atom. The van der Waals surface area contributed by atoms with E-state index < -0.39 is 0 Å². The van der Waals surface area contributed by atoms with Crippen LogP contribution in [0.3, 0.4) is 0 Å². The quantitative estimate of drug-likeness (QED) is 0.792. The SMILES string of the molecule is CCC(C)n1cc(N)c(-c2cccc(-n3cnnn3)c2)n1. The Kier molecular flexibility index (Phi) is 3.39. The minimum atomic E-state index is 0.323. The number of nitrogens with zero attached hydrogens (tertiary/aromatic N) is 6. The number of nitrogens with two attached hydrogens (primary N) is 1. The number of nitrogen functional groups attached to an aromatic ring is 1. The molecule has 0 bridgehead atoms. The second kappa shape index (κ2) is 5.35. The molecule has 0 aliphatic heterocycles. The van der Waals surface area contributed by atoms with Gasteiger partial charge in [0.05, 0.1) is 11.4 Å². The van der Waals surface area contributed by atoms with Crippen LogP contribution in [0, 0.1) is 0 Å². The van der Waals surface area contributed by atoms with E-state index in [0.29, 0.717) is 11.7 Å². The van der Waals surface area contributed by atoms with Crippen molar-refractivity contribution >= 4 is 5.69 Å². The number of hydrogen-bond donors (Lipinski definition) is 1. The molecule has 0 radical (unpaired) electrons. The number of rotatable bonds is 4. The summed E-state index contributed by atoms with van der Waals surface area (Å²) in [6, 6.07) is 8.14. The lowest BCUT2D eigenvalue weighted by atomic mass is 10.1. The van der Waals surface area contributed by atoms with Gasteiger partial charge >= 0.3 is 0 Å². The van der Waals surface area contributed by atoms with Gasteiger partial charge in [-0.2, -0.15) is 5.10 Å². The number of tetrazole rings is 1. The summed E-state index contributed by atoms with van der Waals surface area (Å²) in [5.74, 6) is 0. The molecule has 1 unspecified atom stereocenters. The highest BCUT2D eigenvalue weighted by Crippen LogP contribution is 2.27. The molecule has 0 fully saturated rings.